The molecule has 3 nitrogen and oxygen atoms in total. The SMILES string of the molecule is CC(C1CCNC1)N1CCC(O)CC1. The fourth-order valence-corrected chi connectivity index (χ4v) is 2.68. The minimum Gasteiger partial charge on any atom is -0.393 e. The van der Waals surface area contributed by atoms with E-state index in [1.54, 1.807) is 0 Å². The van der Waals surface area contributed by atoms with E-state index in [9.17, 15) is 5.11 Å². The van der Waals surface area contributed by atoms with Gasteiger partial charge in [0.15, 0.2) is 0 Å². The molecule has 0 amide bonds. The van der Waals surface area contributed by atoms with Crippen LogP contribution in [0.25, 0.3) is 0 Å². The molecule has 0 spiro atoms. The first kappa shape index (κ1) is 10.4. The summed E-state index contributed by atoms with van der Waals surface area (Å²) in [6, 6.07) is 0.692. The molecule has 2 rings (SSSR count). The highest BCUT2D eigenvalue weighted by Gasteiger charge is 2.28. The standard InChI is InChI=1S/C11H22N2O/c1-9(10-2-5-12-8-10)13-6-3-11(14)4-7-13/h9-12,14H,2-8H2,1H3. The van der Waals surface area contributed by atoms with Gasteiger partial charge in [0, 0.05) is 19.1 Å². The van der Waals surface area contributed by atoms with Crippen molar-refractivity contribution in [3.63, 3.8) is 0 Å². The van der Waals surface area contributed by atoms with Crippen molar-refractivity contribution < 1.29 is 5.11 Å². The fourth-order valence-electron chi connectivity index (χ4n) is 2.68. The molecule has 2 atom stereocenters. The molecule has 0 aromatic carbocycles. The lowest BCUT2D eigenvalue weighted by molar-refractivity contribution is 0.0516. The van der Waals surface area contributed by atoms with Gasteiger partial charge in [0.05, 0.1) is 6.10 Å². The van der Waals surface area contributed by atoms with E-state index >= 15 is 0 Å². The average molecular weight is 198 g/mol. The van der Waals surface area contributed by atoms with Crippen molar-refractivity contribution in [3.05, 3.63) is 0 Å². The van der Waals surface area contributed by atoms with Crippen LogP contribution >= 0.6 is 0 Å². The van der Waals surface area contributed by atoms with Gasteiger partial charge in [-0.05, 0) is 45.2 Å². The summed E-state index contributed by atoms with van der Waals surface area (Å²) < 4.78 is 0. The number of likely N-dealkylation sites (tertiary alicyclic amines) is 1. The van der Waals surface area contributed by atoms with Crippen molar-refractivity contribution in [1.29, 1.82) is 0 Å². The lowest BCUT2D eigenvalue weighted by Gasteiger charge is -2.37. The van der Waals surface area contributed by atoms with Crippen molar-refractivity contribution >= 4 is 0 Å². The summed E-state index contributed by atoms with van der Waals surface area (Å²) >= 11 is 0. The molecule has 2 fully saturated rings. The molecule has 3 heteroatoms. The number of rotatable bonds is 2. The summed E-state index contributed by atoms with van der Waals surface area (Å²) in [7, 11) is 0. The molecule has 2 aliphatic heterocycles. The molecular formula is C11H22N2O. The van der Waals surface area contributed by atoms with Crippen LogP contribution in [-0.4, -0.2) is 48.3 Å². The molecule has 2 N–H and O–H groups in total. The van der Waals surface area contributed by atoms with Gasteiger partial charge in [0.1, 0.15) is 0 Å². The summed E-state index contributed by atoms with van der Waals surface area (Å²) in [5, 5.41) is 12.9. The highest BCUT2D eigenvalue weighted by atomic mass is 16.3. The summed E-state index contributed by atoms with van der Waals surface area (Å²) in [5.41, 5.74) is 0. The number of aliphatic hydroxyl groups is 1. The predicted molar refractivity (Wildman–Crippen MR) is 57.3 cm³/mol. The molecule has 0 radical (unpaired) electrons. The van der Waals surface area contributed by atoms with Crippen LogP contribution in [0.2, 0.25) is 0 Å². The Kier molecular flexibility index (Phi) is 3.42. The van der Waals surface area contributed by atoms with Gasteiger partial charge >= 0.3 is 0 Å². The Morgan fingerprint density at radius 1 is 1.29 bits per heavy atom. The zero-order chi connectivity index (χ0) is 9.97. The Labute approximate surface area is 86.5 Å². The summed E-state index contributed by atoms with van der Waals surface area (Å²) in [5.74, 6) is 0.824. The molecule has 2 heterocycles. The normalized spacial score (nSPS) is 33.4. The van der Waals surface area contributed by atoms with Crippen molar-refractivity contribution in [2.45, 2.75) is 38.3 Å². The highest BCUT2D eigenvalue weighted by Crippen LogP contribution is 2.21. The molecule has 0 saturated carbocycles. The van der Waals surface area contributed by atoms with Gasteiger partial charge < -0.3 is 15.3 Å². The first-order valence-electron chi connectivity index (χ1n) is 5.90. The van der Waals surface area contributed by atoms with E-state index in [-0.39, 0.29) is 6.10 Å². The Bertz CT molecular complexity index is 172. The largest absolute Gasteiger partial charge is 0.393 e. The maximum Gasteiger partial charge on any atom is 0.0564 e. The predicted octanol–water partition coefficient (Wildman–Crippen LogP) is 0.441. The topological polar surface area (TPSA) is 35.5 Å². The molecular weight excluding hydrogens is 176 g/mol. The average Bonchev–Trinajstić information content (AvgIpc) is 2.71. The van der Waals surface area contributed by atoms with E-state index in [2.05, 4.69) is 17.1 Å². The Morgan fingerprint density at radius 3 is 2.57 bits per heavy atom. The molecule has 82 valence electrons. The van der Waals surface area contributed by atoms with Gasteiger partial charge in [-0.1, -0.05) is 0 Å². The van der Waals surface area contributed by atoms with Gasteiger partial charge in [-0.25, -0.2) is 0 Å². The van der Waals surface area contributed by atoms with Crippen molar-refractivity contribution in [2.24, 2.45) is 5.92 Å². The van der Waals surface area contributed by atoms with Gasteiger partial charge in [-0.2, -0.15) is 0 Å². The van der Waals surface area contributed by atoms with Gasteiger partial charge in [0.25, 0.3) is 0 Å². The fraction of sp³-hybridized carbons (Fsp3) is 1.00. The third-order valence-electron chi connectivity index (χ3n) is 3.86. The van der Waals surface area contributed by atoms with Gasteiger partial charge in [-0.3, -0.25) is 0 Å². The van der Waals surface area contributed by atoms with E-state index in [1.807, 2.05) is 0 Å². The third-order valence-corrected chi connectivity index (χ3v) is 3.86. The second-order valence-corrected chi connectivity index (χ2v) is 4.76. The lowest BCUT2D eigenvalue weighted by atomic mass is 9.96. The minimum atomic E-state index is -0.0415. The van der Waals surface area contributed by atoms with Crippen LogP contribution in [0.15, 0.2) is 0 Å². The molecule has 2 saturated heterocycles. The van der Waals surface area contributed by atoms with E-state index in [0.29, 0.717) is 6.04 Å². The summed E-state index contributed by atoms with van der Waals surface area (Å²) in [6.45, 7) is 6.87. The highest BCUT2D eigenvalue weighted by molar-refractivity contribution is 4.84. The molecule has 0 aromatic heterocycles. The second kappa shape index (κ2) is 4.60. The number of piperidine rings is 1. The van der Waals surface area contributed by atoms with E-state index in [0.717, 1.165) is 31.8 Å². The molecule has 2 aliphatic rings. The number of hydrogen-bond donors (Lipinski definition) is 2. The monoisotopic (exact) mass is 198 g/mol. The zero-order valence-electron chi connectivity index (χ0n) is 9.08. The van der Waals surface area contributed by atoms with Crippen LogP contribution in [0.1, 0.15) is 26.2 Å². The van der Waals surface area contributed by atoms with Crippen LogP contribution < -0.4 is 5.32 Å². The maximum atomic E-state index is 9.44. The van der Waals surface area contributed by atoms with Crippen LogP contribution in [0.3, 0.4) is 0 Å². The van der Waals surface area contributed by atoms with E-state index < -0.39 is 0 Å². The minimum absolute atomic E-state index is 0.0415. The third kappa shape index (κ3) is 2.27. The van der Waals surface area contributed by atoms with Crippen LogP contribution in [0.4, 0.5) is 0 Å². The zero-order valence-corrected chi connectivity index (χ0v) is 9.08. The van der Waals surface area contributed by atoms with Crippen LogP contribution in [0, 0.1) is 5.92 Å². The summed E-state index contributed by atoms with van der Waals surface area (Å²) in [6.07, 6.45) is 3.20. The smallest absolute Gasteiger partial charge is 0.0564 e. The molecule has 0 bridgehead atoms. The quantitative estimate of drug-likeness (QED) is 0.676. The van der Waals surface area contributed by atoms with Crippen molar-refractivity contribution in [3.8, 4) is 0 Å². The van der Waals surface area contributed by atoms with Crippen LogP contribution in [0.5, 0.6) is 0 Å². The van der Waals surface area contributed by atoms with Crippen LogP contribution in [-0.2, 0) is 0 Å². The molecule has 14 heavy (non-hydrogen) atoms. The van der Waals surface area contributed by atoms with Crippen molar-refractivity contribution in [2.75, 3.05) is 26.2 Å². The molecule has 0 aliphatic carbocycles. The Hall–Kier alpha value is -0.120. The van der Waals surface area contributed by atoms with E-state index in [4.69, 9.17) is 0 Å². The van der Waals surface area contributed by atoms with Gasteiger partial charge in [-0.15, -0.1) is 0 Å². The number of nitrogens with one attached hydrogen (secondary N) is 1. The number of nitrogens with zero attached hydrogens (tertiary/aromatic N) is 1. The Morgan fingerprint density at radius 2 is 2.00 bits per heavy atom. The van der Waals surface area contributed by atoms with Gasteiger partial charge in [0.2, 0.25) is 0 Å². The Balaban J connectivity index is 1.82. The molecule has 2 unspecified atom stereocenters. The van der Waals surface area contributed by atoms with E-state index in [1.165, 1.54) is 19.5 Å². The second-order valence-electron chi connectivity index (χ2n) is 4.76. The summed E-state index contributed by atoms with van der Waals surface area (Å²) in [4.78, 5) is 2.55. The first-order chi connectivity index (χ1) is 6.77. The number of aliphatic hydroxyl groups excluding tert-OH is 1. The lowest BCUT2D eigenvalue weighted by Crippen LogP contribution is -2.45. The van der Waals surface area contributed by atoms with Crippen molar-refractivity contribution in [1.82, 2.24) is 10.2 Å². The number of hydrogen-bond acceptors (Lipinski definition) is 3. The molecule has 0 aromatic rings. The maximum absolute atomic E-state index is 9.44. The first-order valence-corrected chi connectivity index (χ1v) is 5.90.